The minimum absolute atomic E-state index is 0.733. The molecule has 2 unspecified atom stereocenters. The third-order valence-electron chi connectivity index (χ3n) is 3.36. The van der Waals surface area contributed by atoms with E-state index in [-0.39, 0.29) is 0 Å². The molecule has 1 aliphatic rings. The van der Waals surface area contributed by atoms with Crippen LogP contribution in [0, 0.1) is 11.8 Å². The van der Waals surface area contributed by atoms with Gasteiger partial charge in [0.1, 0.15) is 0 Å². The number of hydrogen-bond acceptors (Lipinski definition) is 2. The predicted molar refractivity (Wildman–Crippen MR) is 56.8 cm³/mol. The molecule has 0 aromatic carbocycles. The zero-order valence-electron chi connectivity index (χ0n) is 8.82. The maximum absolute atomic E-state index is 5.76. The lowest BCUT2D eigenvalue weighted by atomic mass is 9.92. The summed E-state index contributed by atoms with van der Waals surface area (Å²) in [5, 5.41) is 4.42. The van der Waals surface area contributed by atoms with Gasteiger partial charge in [0.05, 0.1) is 5.69 Å². The first-order valence-corrected chi connectivity index (χ1v) is 5.48. The molecule has 14 heavy (non-hydrogen) atoms. The summed E-state index contributed by atoms with van der Waals surface area (Å²) in [6, 6.07) is 2.12. The second kappa shape index (κ2) is 4.13. The first-order valence-electron chi connectivity index (χ1n) is 5.48. The highest BCUT2D eigenvalue weighted by Gasteiger charge is 2.26. The van der Waals surface area contributed by atoms with E-state index >= 15 is 0 Å². The van der Waals surface area contributed by atoms with Crippen LogP contribution in [0.4, 0.5) is 0 Å². The highest BCUT2D eigenvalue weighted by atomic mass is 15.2. The van der Waals surface area contributed by atoms with Crippen LogP contribution in [0.2, 0.25) is 0 Å². The van der Waals surface area contributed by atoms with Crippen LogP contribution in [-0.2, 0) is 13.5 Å². The molecule has 0 amide bonds. The summed E-state index contributed by atoms with van der Waals surface area (Å²) in [5.41, 5.74) is 6.98. The summed E-state index contributed by atoms with van der Waals surface area (Å²) in [6.07, 6.45) is 7.12. The van der Waals surface area contributed by atoms with Crippen molar-refractivity contribution in [2.45, 2.75) is 25.7 Å². The summed E-state index contributed by atoms with van der Waals surface area (Å²) in [7, 11) is 1.97. The Morgan fingerprint density at radius 3 is 2.93 bits per heavy atom. The molecule has 1 fully saturated rings. The Labute approximate surface area is 85.3 Å². The van der Waals surface area contributed by atoms with Gasteiger partial charge < -0.3 is 5.73 Å². The zero-order chi connectivity index (χ0) is 9.97. The van der Waals surface area contributed by atoms with Gasteiger partial charge in [0, 0.05) is 13.2 Å². The predicted octanol–water partition coefficient (Wildman–Crippen LogP) is 1.34. The van der Waals surface area contributed by atoms with E-state index in [1.165, 1.54) is 25.0 Å². The number of rotatable bonds is 3. The van der Waals surface area contributed by atoms with Crippen LogP contribution in [0.15, 0.2) is 12.3 Å². The van der Waals surface area contributed by atoms with Crippen LogP contribution in [-0.4, -0.2) is 16.3 Å². The summed E-state index contributed by atoms with van der Waals surface area (Å²) in [4.78, 5) is 0. The van der Waals surface area contributed by atoms with E-state index in [1.54, 1.807) is 0 Å². The Morgan fingerprint density at radius 1 is 1.50 bits per heavy atom. The van der Waals surface area contributed by atoms with Gasteiger partial charge in [-0.3, -0.25) is 4.68 Å². The number of nitrogens with zero attached hydrogens (tertiary/aromatic N) is 2. The third kappa shape index (κ3) is 1.98. The number of hydrogen-bond donors (Lipinski definition) is 1. The van der Waals surface area contributed by atoms with Crippen molar-refractivity contribution in [2.75, 3.05) is 6.54 Å². The molecule has 1 heterocycles. The largest absolute Gasteiger partial charge is 0.330 e. The Morgan fingerprint density at radius 2 is 2.29 bits per heavy atom. The fourth-order valence-corrected chi connectivity index (χ4v) is 2.53. The van der Waals surface area contributed by atoms with Crippen molar-refractivity contribution >= 4 is 0 Å². The standard InChI is InChI=1S/C11H19N3/c1-14-6-5-11(13-14)7-9-3-2-4-10(9)8-12/h5-6,9-10H,2-4,7-8,12H2,1H3. The van der Waals surface area contributed by atoms with Gasteiger partial charge in [0.2, 0.25) is 0 Å². The molecule has 1 saturated carbocycles. The molecule has 0 bridgehead atoms. The summed E-state index contributed by atoms with van der Waals surface area (Å²) >= 11 is 0. The molecule has 1 aromatic rings. The van der Waals surface area contributed by atoms with E-state index in [9.17, 15) is 0 Å². The average molecular weight is 193 g/mol. The smallest absolute Gasteiger partial charge is 0.0627 e. The quantitative estimate of drug-likeness (QED) is 0.787. The van der Waals surface area contributed by atoms with Gasteiger partial charge in [0.25, 0.3) is 0 Å². The topological polar surface area (TPSA) is 43.8 Å². The van der Waals surface area contributed by atoms with Crippen LogP contribution in [0.5, 0.6) is 0 Å². The monoisotopic (exact) mass is 193 g/mol. The number of nitrogens with two attached hydrogens (primary N) is 1. The molecule has 0 spiro atoms. The SMILES string of the molecule is Cn1ccc(CC2CCCC2CN)n1. The molecular formula is C11H19N3. The zero-order valence-corrected chi connectivity index (χ0v) is 8.82. The van der Waals surface area contributed by atoms with Gasteiger partial charge >= 0.3 is 0 Å². The molecule has 3 heteroatoms. The minimum atomic E-state index is 0.733. The molecule has 0 radical (unpaired) electrons. The average Bonchev–Trinajstić information content (AvgIpc) is 2.76. The first kappa shape index (κ1) is 9.71. The lowest BCUT2D eigenvalue weighted by Gasteiger charge is -2.16. The van der Waals surface area contributed by atoms with Gasteiger partial charge in [-0.05, 0) is 43.7 Å². The van der Waals surface area contributed by atoms with Crippen LogP contribution < -0.4 is 5.73 Å². The molecule has 3 nitrogen and oxygen atoms in total. The van der Waals surface area contributed by atoms with Gasteiger partial charge in [0.15, 0.2) is 0 Å². The lowest BCUT2D eigenvalue weighted by Crippen LogP contribution is -2.20. The fourth-order valence-electron chi connectivity index (χ4n) is 2.53. The third-order valence-corrected chi connectivity index (χ3v) is 3.36. The van der Waals surface area contributed by atoms with Crippen molar-refractivity contribution in [3.63, 3.8) is 0 Å². The van der Waals surface area contributed by atoms with Crippen LogP contribution in [0.1, 0.15) is 25.0 Å². The molecule has 1 aromatic heterocycles. The van der Waals surface area contributed by atoms with Crippen molar-refractivity contribution in [2.24, 2.45) is 24.6 Å². The fraction of sp³-hybridized carbons (Fsp3) is 0.727. The molecule has 0 aliphatic heterocycles. The summed E-state index contributed by atoms with van der Waals surface area (Å²) in [5.74, 6) is 1.51. The molecule has 2 atom stereocenters. The van der Waals surface area contributed by atoms with E-state index < -0.39 is 0 Å². The number of aromatic nitrogens is 2. The molecular weight excluding hydrogens is 174 g/mol. The van der Waals surface area contributed by atoms with Crippen molar-refractivity contribution in [3.8, 4) is 0 Å². The van der Waals surface area contributed by atoms with Crippen LogP contribution in [0.25, 0.3) is 0 Å². The Balaban J connectivity index is 1.96. The van der Waals surface area contributed by atoms with E-state index in [2.05, 4.69) is 11.2 Å². The van der Waals surface area contributed by atoms with Crippen LogP contribution in [0.3, 0.4) is 0 Å². The number of aryl methyl sites for hydroxylation is 1. The summed E-state index contributed by atoms with van der Waals surface area (Å²) < 4.78 is 1.88. The van der Waals surface area contributed by atoms with E-state index in [1.807, 2.05) is 17.9 Å². The first-order chi connectivity index (χ1) is 6.79. The molecule has 0 saturated heterocycles. The molecule has 78 valence electrons. The molecule has 2 N–H and O–H groups in total. The van der Waals surface area contributed by atoms with Crippen molar-refractivity contribution in [3.05, 3.63) is 18.0 Å². The highest BCUT2D eigenvalue weighted by molar-refractivity contribution is 5.01. The van der Waals surface area contributed by atoms with Gasteiger partial charge in [-0.25, -0.2) is 0 Å². The lowest BCUT2D eigenvalue weighted by molar-refractivity contribution is 0.390. The second-order valence-corrected chi connectivity index (χ2v) is 4.37. The van der Waals surface area contributed by atoms with E-state index in [0.717, 1.165) is 24.8 Å². The van der Waals surface area contributed by atoms with Gasteiger partial charge in [-0.2, -0.15) is 5.10 Å². The molecule has 2 rings (SSSR count). The maximum atomic E-state index is 5.76. The Hall–Kier alpha value is -0.830. The van der Waals surface area contributed by atoms with Gasteiger partial charge in [-0.15, -0.1) is 0 Å². The van der Waals surface area contributed by atoms with Crippen molar-refractivity contribution in [1.82, 2.24) is 9.78 Å². The molecule has 1 aliphatic carbocycles. The second-order valence-electron chi connectivity index (χ2n) is 4.37. The normalized spacial score (nSPS) is 27.0. The van der Waals surface area contributed by atoms with Crippen LogP contribution >= 0.6 is 0 Å². The maximum Gasteiger partial charge on any atom is 0.0627 e. The van der Waals surface area contributed by atoms with Gasteiger partial charge in [-0.1, -0.05) is 6.42 Å². The van der Waals surface area contributed by atoms with Crippen molar-refractivity contribution in [1.29, 1.82) is 0 Å². The van der Waals surface area contributed by atoms with E-state index in [4.69, 9.17) is 5.73 Å². The Bertz CT molecular complexity index is 292. The highest BCUT2D eigenvalue weighted by Crippen LogP contribution is 2.32. The Kier molecular flexibility index (Phi) is 2.87. The summed E-state index contributed by atoms with van der Waals surface area (Å²) in [6.45, 7) is 0.845. The minimum Gasteiger partial charge on any atom is -0.330 e. The van der Waals surface area contributed by atoms with Crippen molar-refractivity contribution < 1.29 is 0 Å². The van der Waals surface area contributed by atoms with E-state index in [0.29, 0.717) is 0 Å².